The summed E-state index contributed by atoms with van der Waals surface area (Å²) < 4.78 is 0. The first-order valence-corrected chi connectivity index (χ1v) is 8.67. The molecule has 0 radical (unpaired) electrons. The third-order valence-electron chi connectivity index (χ3n) is 4.37. The monoisotopic (exact) mass is 324 g/mol. The van der Waals surface area contributed by atoms with Crippen molar-refractivity contribution >= 4 is 5.91 Å². The zero-order chi connectivity index (χ0) is 17.4. The van der Waals surface area contributed by atoms with Gasteiger partial charge in [0.2, 0.25) is 5.91 Å². The van der Waals surface area contributed by atoms with E-state index in [0.717, 1.165) is 18.4 Å². The minimum atomic E-state index is -0.0743. The average molecular weight is 324 g/mol. The van der Waals surface area contributed by atoms with Gasteiger partial charge in [0.05, 0.1) is 12.0 Å². The van der Waals surface area contributed by atoms with Crippen LogP contribution >= 0.6 is 0 Å². The van der Waals surface area contributed by atoms with Gasteiger partial charge in [-0.3, -0.25) is 4.79 Å². The molecule has 0 fully saturated rings. The van der Waals surface area contributed by atoms with E-state index < -0.39 is 0 Å². The molecule has 0 saturated heterocycles. The molecule has 2 rings (SSSR count). The van der Waals surface area contributed by atoms with Crippen molar-refractivity contribution in [3.8, 4) is 0 Å². The van der Waals surface area contributed by atoms with E-state index in [2.05, 4.69) is 29.3 Å². The fourth-order valence-corrected chi connectivity index (χ4v) is 3.02. The van der Waals surface area contributed by atoms with Crippen molar-refractivity contribution < 1.29 is 4.79 Å². The second-order valence-corrected chi connectivity index (χ2v) is 6.39. The molecule has 0 aliphatic rings. The number of hydrogen-bond acceptors (Lipinski definition) is 2. The van der Waals surface area contributed by atoms with Crippen molar-refractivity contribution in [3.05, 3.63) is 71.8 Å². The standard InChI is InChI=1S/C21H28N2O/c1-4-11-19(17-12-7-5-8-13-17)21(24)22-16-20(23(2)3)18-14-9-6-10-15-18/h5-10,12-15,19-20H,4,11,16H2,1-3H3,(H,22,24)/t19-,20+/m0/s1. The molecule has 128 valence electrons. The van der Waals surface area contributed by atoms with Crippen LogP contribution in [-0.2, 0) is 4.79 Å². The lowest BCUT2D eigenvalue weighted by molar-refractivity contribution is -0.123. The van der Waals surface area contributed by atoms with Gasteiger partial charge in [-0.25, -0.2) is 0 Å². The number of nitrogens with one attached hydrogen (secondary N) is 1. The Morgan fingerprint density at radius 2 is 1.50 bits per heavy atom. The van der Waals surface area contributed by atoms with Crippen molar-refractivity contribution in [1.82, 2.24) is 10.2 Å². The first kappa shape index (κ1) is 18.2. The van der Waals surface area contributed by atoms with Gasteiger partial charge in [-0.2, -0.15) is 0 Å². The molecule has 0 spiro atoms. The lowest BCUT2D eigenvalue weighted by Crippen LogP contribution is -2.37. The maximum absolute atomic E-state index is 12.8. The van der Waals surface area contributed by atoms with Gasteiger partial charge in [0.1, 0.15) is 0 Å². The van der Waals surface area contributed by atoms with Crippen LogP contribution in [0, 0.1) is 0 Å². The highest BCUT2D eigenvalue weighted by Crippen LogP contribution is 2.22. The molecule has 1 N–H and O–H groups in total. The van der Waals surface area contributed by atoms with Gasteiger partial charge >= 0.3 is 0 Å². The van der Waals surface area contributed by atoms with Crippen molar-refractivity contribution in [2.45, 2.75) is 31.7 Å². The molecule has 0 bridgehead atoms. The van der Waals surface area contributed by atoms with Crippen LogP contribution in [0.25, 0.3) is 0 Å². The molecule has 0 aliphatic carbocycles. The first-order chi connectivity index (χ1) is 11.6. The van der Waals surface area contributed by atoms with Crippen LogP contribution in [0.3, 0.4) is 0 Å². The van der Waals surface area contributed by atoms with Gasteiger partial charge < -0.3 is 10.2 Å². The van der Waals surface area contributed by atoms with Crippen molar-refractivity contribution in [2.75, 3.05) is 20.6 Å². The van der Waals surface area contributed by atoms with E-state index in [0.29, 0.717) is 6.54 Å². The van der Waals surface area contributed by atoms with E-state index in [1.54, 1.807) is 0 Å². The topological polar surface area (TPSA) is 32.3 Å². The van der Waals surface area contributed by atoms with E-state index in [4.69, 9.17) is 0 Å². The molecule has 2 aromatic rings. The van der Waals surface area contributed by atoms with Crippen LogP contribution in [0.4, 0.5) is 0 Å². The number of rotatable bonds is 8. The molecule has 0 saturated carbocycles. The summed E-state index contributed by atoms with van der Waals surface area (Å²) in [5, 5.41) is 3.17. The number of carbonyl (C=O) groups is 1. The second-order valence-electron chi connectivity index (χ2n) is 6.39. The Labute approximate surface area is 145 Å². The minimum Gasteiger partial charge on any atom is -0.354 e. The molecule has 2 atom stereocenters. The zero-order valence-corrected chi connectivity index (χ0v) is 14.9. The maximum atomic E-state index is 12.8. The molecule has 3 nitrogen and oxygen atoms in total. The summed E-state index contributed by atoms with van der Waals surface area (Å²) in [5.74, 6) is 0.0422. The molecule has 3 heteroatoms. The lowest BCUT2D eigenvalue weighted by Gasteiger charge is -2.26. The Morgan fingerprint density at radius 1 is 0.958 bits per heavy atom. The third kappa shape index (κ3) is 4.93. The molecule has 1 amide bonds. The number of benzene rings is 2. The van der Waals surface area contributed by atoms with Gasteiger partial charge in [0.15, 0.2) is 0 Å². The molecule has 0 aliphatic heterocycles. The third-order valence-corrected chi connectivity index (χ3v) is 4.37. The highest BCUT2D eigenvalue weighted by atomic mass is 16.1. The highest BCUT2D eigenvalue weighted by molar-refractivity contribution is 5.83. The quantitative estimate of drug-likeness (QED) is 0.796. The van der Waals surface area contributed by atoms with Crippen LogP contribution in [0.5, 0.6) is 0 Å². The lowest BCUT2D eigenvalue weighted by atomic mass is 9.93. The predicted molar refractivity (Wildman–Crippen MR) is 100.0 cm³/mol. The number of carbonyl (C=O) groups excluding carboxylic acids is 1. The maximum Gasteiger partial charge on any atom is 0.227 e. The molecular formula is C21H28N2O. The molecule has 24 heavy (non-hydrogen) atoms. The van der Waals surface area contributed by atoms with E-state index in [1.165, 1.54) is 5.56 Å². The van der Waals surface area contributed by atoms with Gasteiger partial charge in [0, 0.05) is 6.54 Å². The normalized spacial score (nSPS) is 13.5. The Balaban J connectivity index is 2.06. The second kappa shape index (κ2) is 9.24. The summed E-state index contributed by atoms with van der Waals surface area (Å²) in [5.41, 5.74) is 2.31. The Kier molecular flexibility index (Phi) is 7.01. The van der Waals surface area contributed by atoms with Crippen molar-refractivity contribution in [3.63, 3.8) is 0 Å². The zero-order valence-electron chi connectivity index (χ0n) is 14.9. The number of nitrogens with zero attached hydrogens (tertiary/aromatic N) is 1. The fourth-order valence-electron chi connectivity index (χ4n) is 3.02. The number of likely N-dealkylation sites (N-methyl/N-ethyl adjacent to an activating group) is 1. The van der Waals surface area contributed by atoms with Gasteiger partial charge in [0.25, 0.3) is 0 Å². The number of hydrogen-bond donors (Lipinski definition) is 1. The van der Waals surface area contributed by atoms with Crippen LogP contribution < -0.4 is 5.32 Å². The summed E-state index contributed by atoms with van der Waals surface area (Å²) in [6.45, 7) is 2.73. The molecular weight excluding hydrogens is 296 g/mol. The number of amides is 1. The smallest absolute Gasteiger partial charge is 0.227 e. The van der Waals surface area contributed by atoms with E-state index >= 15 is 0 Å². The Hall–Kier alpha value is -2.13. The van der Waals surface area contributed by atoms with Gasteiger partial charge in [-0.15, -0.1) is 0 Å². The average Bonchev–Trinajstić information content (AvgIpc) is 2.61. The summed E-state index contributed by atoms with van der Waals surface area (Å²) in [4.78, 5) is 14.9. The van der Waals surface area contributed by atoms with Crippen molar-refractivity contribution in [1.29, 1.82) is 0 Å². The van der Waals surface area contributed by atoms with E-state index in [-0.39, 0.29) is 17.9 Å². The molecule has 0 heterocycles. The SMILES string of the molecule is CCC[C@H](C(=O)NC[C@H](c1ccccc1)N(C)C)c1ccccc1. The summed E-state index contributed by atoms with van der Waals surface area (Å²) in [7, 11) is 4.09. The highest BCUT2D eigenvalue weighted by Gasteiger charge is 2.21. The summed E-state index contributed by atoms with van der Waals surface area (Å²) in [6.07, 6.45) is 1.86. The molecule has 2 aromatic carbocycles. The summed E-state index contributed by atoms with van der Waals surface area (Å²) >= 11 is 0. The van der Waals surface area contributed by atoms with Gasteiger partial charge in [-0.1, -0.05) is 74.0 Å². The predicted octanol–water partition coefficient (Wildman–Crippen LogP) is 3.99. The van der Waals surface area contributed by atoms with E-state index in [1.807, 2.05) is 62.6 Å². The molecule has 0 aromatic heterocycles. The summed E-state index contributed by atoms with van der Waals surface area (Å²) in [6, 6.07) is 20.6. The Morgan fingerprint density at radius 3 is 2.00 bits per heavy atom. The van der Waals surface area contributed by atoms with E-state index in [9.17, 15) is 4.79 Å². The Bertz CT molecular complexity index is 610. The van der Waals surface area contributed by atoms with Gasteiger partial charge in [-0.05, 0) is 31.6 Å². The van der Waals surface area contributed by atoms with Crippen LogP contribution in [-0.4, -0.2) is 31.4 Å². The minimum absolute atomic E-state index is 0.0743. The van der Waals surface area contributed by atoms with Crippen LogP contribution in [0.1, 0.15) is 42.9 Å². The van der Waals surface area contributed by atoms with Crippen molar-refractivity contribution in [2.24, 2.45) is 0 Å². The molecule has 0 unspecified atom stereocenters. The fraction of sp³-hybridized carbons (Fsp3) is 0.381. The first-order valence-electron chi connectivity index (χ1n) is 8.67. The van der Waals surface area contributed by atoms with Crippen LogP contribution in [0.15, 0.2) is 60.7 Å². The largest absolute Gasteiger partial charge is 0.354 e. The van der Waals surface area contributed by atoms with Crippen LogP contribution in [0.2, 0.25) is 0 Å².